The summed E-state index contributed by atoms with van der Waals surface area (Å²) in [7, 11) is 0. The molecule has 6 nitrogen and oxygen atoms in total. The van der Waals surface area contributed by atoms with Crippen molar-refractivity contribution in [3.8, 4) is 0 Å². The van der Waals surface area contributed by atoms with E-state index in [-0.39, 0.29) is 36.2 Å². The van der Waals surface area contributed by atoms with Crippen LogP contribution in [0.4, 0.5) is 15.8 Å². The molecule has 1 atom stereocenters. The van der Waals surface area contributed by atoms with Gasteiger partial charge in [-0.15, -0.1) is 0 Å². The molecule has 0 spiro atoms. The Balaban J connectivity index is 2.28. The molecule has 1 heterocycles. The van der Waals surface area contributed by atoms with Crippen molar-refractivity contribution in [2.45, 2.75) is 6.42 Å². The number of azide groups is 1. The number of hydrogen-bond donors (Lipinski definition) is 1. The van der Waals surface area contributed by atoms with Crippen molar-refractivity contribution < 1.29 is 9.18 Å². The molecule has 0 aliphatic carbocycles. The highest BCUT2D eigenvalue weighted by molar-refractivity contribution is 9.10. The number of nitrogens with zero attached hydrogens (tertiary/aromatic N) is 4. The minimum absolute atomic E-state index is 0.0941. The smallest absolute Gasteiger partial charge is 0.227 e. The molecule has 1 saturated heterocycles. The number of amides is 1. The number of carbonyl (C=O) groups excluding carboxylic acids is 1. The Hall–Kier alpha value is -1.79. The SMILES string of the molecule is [N-]=[N+]=NCC1CC(=O)N(c2c(N)cc(Br)cc2F)C1. The second kappa shape index (κ2) is 5.46. The van der Waals surface area contributed by atoms with Crippen LogP contribution in [-0.2, 0) is 4.79 Å². The van der Waals surface area contributed by atoms with Gasteiger partial charge in [0.15, 0.2) is 0 Å². The molecule has 1 aliphatic heterocycles. The third-order valence-corrected chi connectivity index (χ3v) is 3.39. The van der Waals surface area contributed by atoms with Gasteiger partial charge < -0.3 is 10.6 Å². The second-order valence-electron chi connectivity index (χ2n) is 4.31. The van der Waals surface area contributed by atoms with Crippen LogP contribution in [0.25, 0.3) is 10.4 Å². The first-order valence-corrected chi connectivity index (χ1v) is 6.38. The minimum atomic E-state index is -0.551. The van der Waals surface area contributed by atoms with Crippen LogP contribution in [0.1, 0.15) is 6.42 Å². The molecule has 1 amide bonds. The standard InChI is InChI=1S/C11H11BrFN5O/c12-7-2-8(13)11(9(14)3-7)18-5-6(1-10(18)19)4-16-17-15/h2-3,6H,1,4-5,14H2. The van der Waals surface area contributed by atoms with Crippen LogP contribution in [0, 0.1) is 11.7 Å². The summed E-state index contributed by atoms with van der Waals surface area (Å²) in [4.78, 5) is 15.9. The molecule has 2 N–H and O–H groups in total. The van der Waals surface area contributed by atoms with E-state index < -0.39 is 5.82 Å². The second-order valence-corrected chi connectivity index (χ2v) is 5.23. The minimum Gasteiger partial charge on any atom is -0.397 e. The zero-order valence-corrected chi connectivity index (χ0v) is 11.5. The number of hydrogen-bond acceptors (Lipinski definition) is 3. The van der Waals surface area contributed by atoms with Crippen molar-refractivity contribution in [3.05, 3.63) is 32.9 Å². The highest BCUT2D eigenvalue weighted by Gasteiger charge is 2.32. The summed E-state index contributed by atoms with van der Waals surface area (Å²) in [5.41, 5.74) is 14.3. The molecule has 1 unspecified atom stereocenters. The molecular weight excluding hydrogens is 317 g/mol. The summed E-state index contributed by atoms with van der Waals surface area (Å²) in [5, 5.41) is 3.44. The zero-order chi connectivity index (χ0) is 14.0. The number of rotatable bonds is 3. The molecular formula is C11H11BrFN5O. The predicted molar refractivity (Wildman–Crippen MR) is 73.0 cm³/mol. The zero-order valence-electron chi connectivity index (χ0n) is 9.88. The Bertz CT molecular complexity index is 549. The van der Waals surface area contributed by atoms with Gasteiger partial charge in [0.25, 0.3) is 0 Å². The maximum Gasteiger partial charge on any atom is 0.227 e. The lowest BCUT2D eigenvalue weighted by molar-refractivity contribution is -0.117. The number of halogens is 2. The lowest BCUT2D eigenvalue weighted by Gasteiger charge is -2.19. The van der Waals surface area contributed by atoms with E-state index in [9.17, 15) is 9.18 Å². The topological polar surface area (TPSA) is 95.1 Å². The van der Waals surface area contributed by atoms with E-state index in [0.717, 1.165) is 0 Å². The molecule has 0 aromatic heterocycles. The molecule has 1 aromatic carbocycles. The van der Waals surface area contributed by atoms with Crippen molar-refractivity contribution >= 4 is 33.2 Å². The van der Waals surface area contributed by atoms with Crippen molar-refractivity contribution in [2.24, 2.45) is 11.0 Å². The first-order valence-electron chi connectivity index (χ1n) is 5.58. The molecule has 8 heteroatoms. The summed E-state index contributed by atoms with van der Waals surface area (Å²) in [6.45, 7) is 0.525. The van der Waals surface area contributed by atoms with Gasteiger partial charge in [-0.2, -0.15) is 0 Å². The van der Waals surface area contributed by atoms with E-state index in [1.807, 2.05) is 0 Å². The fourth-order valence-corrected chi connectivity index (χ4v) is 2.59. The maximum atomic E-state index is 13.9. The van der Waals surface area contributed by atoms with Gasteiger partial charge in [-0.05, 0) is 23.6 Å². The molecule has 0 saturated carbocycles. The summed E-state index contributed by atoms with van der Waals surface area (Å²) < 4.78 is 14.4. The van der Waals surface area contributed by atoms with Crippen LogP contribution in [0.2, 0.25) is 0 Å². The van der Waals surface area contributed by atoms with Crippen LogP contribution in [-0.4, -0.2) is 19.0 Å². The van der Waals surface area contributed by atoms with E-state index in [4.69, 9.17) is 11.3 Å². The highest BCUT2D eigenvalue weighted by Crippen LogP contribution is 2.34. The summed E-state index contributed by atoms with van der Waals surface area (Å²) in [6.07, 6.45) is 0.230. The van der Waals surface area contributed by atoms with Gasteiger partial charge in [-0.25, -0.2) is 4.39 Å². The molecule has 2 rings (SSSR count). The summed E-state index contributed by atoms with van der Waals surface area (Å²) >= 11 is 3.14. The average molecular weight is 328 g/mol. The number of anilines is 2. The molecule has 1 fully saturated rings. The Morgan fingerprint density at radius 1 is 1.63 bits per heavy atom. The highest BCUT2D eigenvalue weighted by atomic mass is 79.9. The van der Waals surface area contributed by atoms with Gasteiger partial charge in [-0.3, -0.25) is 4.79 Å². The monoisotopic (exact) mass is 327 g/mol. The number of carbonyl (C=O) groups is 1. The average Bonchev–Trinajstić information content (AvgIpc) is 2.67. The lowest BCUT2D eigenvalue weighted by atomic mass is 10.1. The van der Waals surface area contributed by atoms with E-state index in [2.05, 4.69) is 26.0 Å². The quantitative estimate of drug-likeness (QED) is 0.400. The van der Waals surface area contributed by atoms with Crippen molar-refractivity contribution in [3.63, 3.8) is 0 Å². The summed E-state index contributed by atoms with van der Waals surface area (Å²) in [6, 6.07) is 2.81. The Morgan fingerprint density at radius 3 is 3.00 bits per heavy atom. The normalized spacial score (nSPS) is 18.5. The summed E-state index contributed by atoms with van der Waals surface area (Å²) in [5.74, 6) is -0.874. The van der Waals surface area contributed by atoms with E-state index in [0.29, 0.717) is 11.0 Å². The Morgan fingerprint density at radius 2 is 2.37 bits per heavy atom. The van der Waals surface area contributed by atoms with Gasteiger partial charge in [-0.1, -0.05) is 21.0 Å². The fourth-order valence-electron chi connectivity index (χ4n) is 2.14. The van der Waals surface area contributed by atoms with Gasteiger partial charge in [0.05, 0.1) is 5.69 Å². The number of nitrogens with two attached hydrogens (primary N) is 1. The maximum absolute atomic E-state index is 13.9. The third kappa shape index (κ3) is 2.80. The van der Waals surface area contributed by atoms with E-state index >= 15 is 0 Å². The molecule has 19 heavy (non-hydrogen) atoms. The van der Waals surface area contributed by atoms with E-state index in [1.54, 1.807) is 6.07 Å². The predicted octanol–water partition coefficient (Wildman–Crippen LogP) is 2.83. The van der Waals surface area contributed by atoms with Crippen LogP contribution in [0.15, 0.2) is 21.7 Å². The van der Waals surface area contributed by atoms with Crippen LogP contribution < -0.4 is 10.6 Å². The van der Waals surface area contributed by atoms with Gasteiger partial charge >= 0.3 is 0 Å². The van der Waals surface area contributed by atoms with Crippen LogP contribution in [0.5, 0.6) is 0 Å². The molecule has 0 radical (unpaired) electrons. The molecule has 1 aliphatic rings. The van der Waals surface area contributed by atoms with E-state index in [1.165, 1.54) is 11.0 Å². The molecule has 1 aromatic rings. The van der Waals surface area contributed by atoms with Gasteiger partial charge in [0, 0.05) is 28.9 Å². The molecule has 0 bridgehead atoms. The first kappa shape index (κ1) is 13.6. The van der Waals surface area contributed by atoms with Crippen LogP contribution in [0.3, 0.4) is 0 Å². The lowest BCUT2D eigenvalue weighted by Crippen LogP contribution is -2.26. The largest absolute Gasteiger partial charge is 0.397 e. The fraction of sp³-hybridized carbons (Fsp3) is 0.364. The molecule has 100 valence electrons. The number of nitrogen functional groups attached to an aromatic ring is 1. The number of benzene rings is 1. The van der Waals surface area contributed by atoms with Crippen molar-refractivity contribution in [1.82, 2.24) is 0 Å². The first-order chi connectivity index (χ1) is 9.02. The Labute approximate surface area is 117 Å². The van der Waals surface area contributed by atoms with Crippen molar-refractivity contribution in [1.29, 1.82) is 0 Å². The van der Waals surface area contributed by atoms with Gasteiger partial charge in [0.1, 0.15) is 11.5 Å². The van der Waals surface area contributed by atoms with Crippen molar-refractivity contribution in [2.75, 3.05) is 23.7 Å². The van der Waals surface area contributed by atoms with Gasteiger partial charge in [0.2, 0.25) is 5.91 Å². The van der Waals surface area contributed by atoms with Crippen LogP contribution >= 0.6 is 15.9 Å². The third-order valence-electron chi connectivity index (χ3n) is 2.94. The Kier molecular flexibility index (Phi) is 3.92.